The van der Waals surface area contributed by atoms with E-state index in [1.165, 1.54) is 28.2 Å². The molecular formula is C11H14O2S. The van der Waals surface area contributed by atoms with Crippen LogP contribution in [-0.4, -0.2) is 11.1 Å². The number of carboxylic acids is 1. The highest BCUT2D eigenvalue weighted by molar-refractivity contribution is 7.14. The molecule has 0 aliphatic heterocycles. The third-order valence-electron chi connectivity index (χ3n) is 2.87. The maximum absolute atomic E-state index is 10.8. The number of hydrogen-bond acceptors (Lipinski definition) is 2. The molecule has 0 amide bonds. The molecule has 0 spiro atoms. The molecule has 0 aromatic carbocycles. The highest BCUT2D eigenvalue weighted by Gasteiger charge is 2.25. The molecule has 0 saturated carbocycles. The highest BCUT2D eigenvalue weighted by atomic mass is 32.1. The summed E-state index contributed by atoms with van der Waals surface area (Å²) >= 11 is 1.45. The molecule has 1 N–H and O–H groups in total. The van der Waals surface area contributed by atoms with Crippen molar-refractivity contribution in [3.8, 4) is 0 Å². The Kier molecular flexibility index (Phi) is 2.35. The molecule has 2 nitrogen and oxygen atoms in total. The number of fused-ring (bicyclic) bond motifs is 1. The summed E-state index contributed by atoms with van der Waals surface area (Å²) in [7, 11) is 0. The minimum Gasteiger partial charge on any atom is -0.477 e. The van der Waals surface area contributed by atoms with Gasteiger partial charge in [0.15, 0.2) is 0 Å². The Bertz CT molecular complexity index is 367. The Morgan fingerprint density at radius 3 is 2.93 bits per heavy atom. The maximum Gasteiger partial charge on any atom is 0.345 e. The Balaban J connectivity index is 2.40. The normalized spacial score (nSPS) is 25.9. The van der Waals surface area contributed by atoms with Crippen LogP contribution >= 0.6 is 11.3 Å². The molecule has 2 atom stereocenters. The molecule has 2 rings (SSSR count). The number of carbonyl (C=O) groups is 1. The summed E-state index contributed by atoms with van der Waals surface area (Å²) in [6, 6.07) is 1.86. The number of hydrogen-bond donors (Lipinski definition) is 1. The van der Waals surface area contributed by atoms with Crippen LogP contribution < -0.4 is 0 Å². The van der Waals surface area contributed by atoms with Crippen LogP contribution in [0.1, 0.15) is 46.3 Å². The van der Waals surface area contributed by atoms with Gasteiger partial charge in [0.05, 0.1) is 0 Å². The first kappa shape index (κ1) is 9.71. The zero-order valence-corrected chi connectivity index (χ0v) is 9.23. The van der Waals surface area contributed by atoms with Crippen LogP contribution in [0.4, 0.5) is 0 Å². The van der Waals surface area contributed by atoms with Crippen LogP contribution in [-0.2, 0) is 6.42 Å². The van der Waals surface area contributed by atoms with Gasteiger partial charge in [-0.05, 0) is 36.3 Å². The van der Waals surface area contributed by atoms with Crippen molar-refractivity contribution in [1.29, 1.82) is 0 Å². The fourth-order valence-corrected chi connectivity index (χ4v) is 3.54. The van der Waals surface area contributed by atoms with Crippen molar-refractivity contribution in [1.82, 2.24) is 0 Å². The highest BCUT2D eigenvalue weighted by Crippen LogP contribution is 2.39. The number of carboxylic acid groups (broad SMARTS) is 1. The van der Waals surface area contributed by atoms with Crippen LogP contribution in [0.3, 0.4) is 0 Å². The van der Waals surface area contributed by atoms with E-state index in [4.69, 9.17) is 5.11 Å². The van der Waals surface area contributed by atoms with Crippen molar-refractivity contribution in [2.45, 2.75) is 32.6 Å². The van der Waals surface area contributed by atoms with Gasteiger partial charge < -0.3 is 5.11 Å². The molecule has 0 bridgehead atoms. The van der Waals surface area contributed by atoms with Gasteiger partial charge in [0, 0.05) is 4.88 Å². The summed E-state index contributed by atoms with van der Waals surface area (Å²) in [4.78, 5) is 12.6. The van der Waals surface area contributed by atoms with Gasteiger partial charge in [-0.15, -0.1) is 11.3 Å². The van der Waals surface area contributed by atoms with Crippen molar-refractivity contribution in [2.24, 2.45) is 5.92 Å². The summed E-state index contributed by atoms with van der Waals surface area (Å²) in [6.07, 6.45) is 2.24. The second-order valence-electron chi connectivity index (χ2n) is 4.24. The van der Waals surface area contributed by atoms with Crippen LogP contribution in [0, 0.1) is 5.92 Å². The Morgan fingerprint density at radius 2 is 2.29 bits per heavy atom. The summed E-state index contributed by atoms with van der Waals surface area (Å²) in [5.41, 5.74) is 1.27. The molecular weight excluding hydrogens is 196 g/mol. The van der Waals surface area contributed by atoms with E-state index in [0.717, 1.165) is 6.42 Å². The molecule has 1 aromatic heterocycles. The van der Waals surface area contributed by atoms with Crippen LogP contribution in [0.25, 0.3) is 0 Å². The predicted molar refractivity (Wildman–Crippen MR) is 57.2 cm³/mol. The average Bonchev–Trinajstić information content (AvgIpc) is 2.47. The number of rotatable bonds is 1. The second kappa shape index (κ2) is 3.39. The summed E-state index contributed by atoms with van der Waals surface area (Å²) in [5.74, 6) is 0.431. The van der Waals surface area contributed by atoms with Gasteiger partial charge in [0.25, 0.3) is 0 Å². The van der Waals surface area contributed by atoms with Crippen molar-refractivity contribution >= 4 is 17.3 Å². The molecule has 1 aromatic rings. The monoisotopic (exact) mass is 210 g/mol. The van der Waals surface area contributed by atoms with Gasteiger partial charge in [-0.2, -0.15) is 0 Å². The lowest BCUT2D eigenvalue weighted by Gasteiger charge is -2.23. The van der Waals surface area contributed by atoms with E-state index in [1.807, 2.05) is 6.07 Å². The molecule has 3 heteroatoms. The molecule has 1 aliphatic carbocycles. The Morgan fingerprint density at radius 1 is 1.57 bits per heavy atom. The first-order chi connectivity index (χ1) is 6.58. The first-order valence-electron chi connectivity index (χ1n) is 4.94. The van der Waals surface area contributed by atoms with Crippen LogP contribution in [0.5, 0.6) is 0 Å². The van der Waals surface area contributed by atoms with Crippen LogP contribution in [0.2, 0.25) is 0 Å². The van der Waals surface area contributed by atoms with E-state index in [9.17, 15) is 4.79 Å². The van der Waals surface area contributed by atoms with Gasteiger partial charge in [0.2, 0.25) is 0 Å². The molecule has 0 saturated heterocycles. The molecule has 1 heterocycles. The third-order valence-corrected chi connectivity index (χ3v) is 4.03. The standard InChI is InChI=1S/C11H14O2S/c1-6-3-7(2)8-5-10(11(12)13)14-9(8)4-6/h5-7H,3-4H2,1-2H3,(H,12,13). The quantitative estimate of drug-likeness (QED) is 0.773. The molecule has 14 heavy (non-hydrogen) atoms. The molecule has 0 fully saturated rings. The molecule has 0 radical (unpaired) electrons. The van der Waals surface area contributed by atoms with Gasteiger partial charge >= 0.3 is 5.97 Å². The van der Waals surface area contributed by atoms with E-state index >= 15 is 0 Å². The summed E-state index contributed by atoms with van der Waals surface area (Å²) in [5, 5.41) is 8.90. The fourth-order valence-electron chi connectivity index (χ4n) is 2.26. The Labute approximate surface area is 87.6 Å². The van der Waals surface area contributed by atoms with Crippen molar-refractivity contribution in [3.05, 3.63) is 21.4 Å². The van der Waals surface area contributed by atoms with E-state index < -0.39 is 5.97 Å². The minimum atomic E-state index is -0.788. The first-order valence-corrected chi connectivity index (χ1v) is 5.75. The summed E-state index contributed by atoms with van der Waals surface area (Å²) < 4.78 is 0. The van der Waals surface area contributed by atoms with Crippen molar-refractivity contribution in [3.63, 3.8) is 0 Å². The van der Waals surface area contributed by atoms with Gasteiger partial charge in [0.1, 0.15) is 4.88 Å². The van der Waals surface area contributed by atoms with Gasteiger partial charge in [-0.1, -0.05) is 13.8 Å². The topological polar surface area (TPSA) is 37.3 Å². The lowest BCUT2D eigenvalue weighted by atomic mass is 9.83. The lowest BCUT2D eigenvalue weighted by Crippen LogP contribution is -2.11. The van der Waals surface area contributed by atoms with E-state index in [2.05, 4.69) is 13.8 Å². The van der Waals surface area contributed by atoms with Crippen molar-refractivity contribution in [2.75, 3.05) is 0 Å². The second-order valence-corrected chi connectivity index (χ2v) is 5.38. The van der Waals surface area contributed by atoms with E-state index in [1.54, 1.807) is 0 Å². The number of aromatic carboxylic acids is 1. The maximum atomic E-state index is 10.8. The lowest BCUT2D eigenvalue weighted by molar-refractivity contribution is 0.0702. The average molecular weight is 210 g/mol. The minimum absolute atomic E-state index is 0.496. The summed E-state index contributed by atoms with van der Waals surface area (Å²) in [6.45, 7) is 4.42. The van der Waals surface area contributed by atoms with Crippen molar-refractivity contribution < 1.29 is 9.90 Å². The van der Waals surface area contributed by atoms with E-state index in [0.29, 0.717) is 16.7 Å². The third kappa shape index (κ3) is 1.57. The van der Waals surface area contributed by atoms with Gasteiger partial charge in [-0.3, -0.25) is 0 Å². The fraction of sp³-hybridized carbons (Fsp3) is 0.545. The molecule has 1 aliphatic rings. The zero-order valence-electron chi connectivity index (χ0n) is 8.41. The Hall–Kier alpha value is -0.830. The zero-order chi connectivity index (χ0) is 10.3. The molecule has 2 unspecified atom stereocenters. The largest absolute Gasteiger partial charge is 0.477 e. The van der Waals surface area contributed by atoms with E-state index in [-0.39, 0.29) is 0 Å². The number of thiophene rings is 1. The smallest absolute Gasteiger partial charge is 0.345 e. The SMILES string of the molecule is CC1Cc2sc(C(=O)O)cc2C(C)C1. The predicted octanol–water partition coefficient (Wildman–Crippen LogP) is 3.13. The van der Waals surface area contributed by atoms with Crippen LogP contribution in [0.15, 0.2) is 6.07 Å². The molecule has 76 valence electrons. The van der Waals surface area contributed by atoms with Gasteiger partial charge in [-0.25, -0.2) is 4.79 Å².